The minimum atomic E-state index is -4.88. The van der Waals surface area contributed by atoms with Crippen LogP contribution >= 0.6 is 0 Å². The standard InChI is InChI=1S/C33H39F3N4O8S2/c1-49(44,45)22-23-6-4-13-39(14-10-23)30(41)21-48-28-7-3-5-24(17-28)19-32(43,26-11-15-40(16-12-26)50(2,46)47)31(42)38-27-9-8-25(20-37)29(18-27)33(34,35)36/h3,5-9,17-18,26,43H,4,10-16,19,21-22H2,1-2H3,(H,38,42). The van der Waals surface area contributed by atoms with Crippen molar-refractivity contribution in [2.75, 3.05) is 56.4 Å². The van der Waals surface area contributed by atoms with Crippen molar-refractivity contribution in [2.24, 2.45) is 5.92 Å². The maximum atomic E-state index is 13.8. The highest BCUT2D eigenvalue weighted by molar-refractivity contribution is 7.90. The molecule has 0 radical (unpaired) electrons. The molecule has 17 heteroatoms. The van der Waals surface area contributed by atoms with Crippen LogP contribution in [0.4, 0.5) is 18.9 Å². The minimum Gasteiger partial charge on any atom is -0.484 e. The maximum Gasteiger partial charge on any atom is 0.417 e. The lowest BCUT2D eigenvalue weighted by Gasteiger charge is -2.40. The Kier molecular flexibility index (Phi) is 12.0. The van der Waals surface area contributed by atoms with Gasteiger partial charge in [-0.2, -0.15) is 18.4 Å². The predicted octanol–water partition coefficient (Wildman–Crippen LogP) is 3.13. The molecule has 12 nitrogen and oxygen atoms in total. The first-order valence-corrected chi connectivity index (χ1v) is 19.6. The predicted molar refractivity (Wildman–Crippen MR) is 178 cm³/mol. The van der Waals surface area contributed by atoms with Crippen molar-refractivity contribution in [2.45, 2.75) is 43.9 Å². The number of sulfonamides is 1. The number of benzene rings is 2. The van der Waals surface area contributed by atoms with Gasteiger partial charge in [-0.1, -0.05) is 23.8 Å². The van der Waals surface area contributed by atoms with Gasteiger partial charge in [0, 0.05) is 44.5 Å². The van der Waals surface area contributed by atoms with Crippen LogP contribution < -0.4 is 10.1 Å². The van der Waals surface area contributed by atoms with E-state index in [0.717, 1.165) is 30.2 Å². The summed E-state index contributed by atoms with van der Waals surface area (Å²) in [6.45, 7) is 0.412. The van der Waals surface area contributed by atoms with Gasteiger partial charge in [0.05, 0.1) is 29.2 Å². The van der Waals surface area contributed by atoms with Crippen LogP contribution in [0.25, 0.3) is 0 Å². The molecule has 1 fully saturated rings. The van der Waals surface area contributed by atoms with Gasteiger partial charge in [-0.15, -0.1) is 0 Å². The van der Waals surface area contributed by atoms with Crippen molar-refractivity contribution in [3.63, 3.8) is 0 Å². The lowest BCUT2D eigenvalue weighted by Crippen LogP contribution is -2.54. The zero-order valence-electron chi connectivity index (χ0n) is 27.6. The number of nitrogens with zero attached hydrogens (tertiary/aromatic N) is 3. The van der Waals surface area contributed by atoms with Gasteiger partial charge in [0.2, 0.25) is 10.0 Å². The van der Waals surface area contributed by atoms with Gasteiger partial charge in [-0.3, -0.25) is 9.59 Å². The Balaban J connectivity index is 1.51. The second-order valence-corrected chi connectivity index (χ2v) is 16.8. The van der Waals surface area contributed by atoms with Gasteiger partial charge in [-0.25, -0.2) is 21.1 Å². The summed E-state index contributed by atoms with van der Waals surface area (Å²) in [5, 5.41) is 23.5. The summed E-state index contributed by atoms with van der Waals surface area (Å²) in [7, 11) is -6.75. The third-order valence-corrected chi connectivity index (χ3v) is 11.0. The molecule has 0 aliphatic carbocycles. The van der Waals surface area contributed by atoms with E-state index in [0.29, 0.717) is 37.6 Å². The fourth-order valence-corrected chi connectivity index (χ4v) is 8.01. The zero-order valence-corrected chi connectivity index (χ0v) is 29.2. The van der Waals surface area contributed by atoms with E-state index in [1.807, 2.05) is 6.08 Å². The molecule has 1 saturated heterocycles. The molecule has 2 heterocycles. The highest BCUT2D eigenvalue weighted by Gasteiger charge is 2.46. The Labute approximate surface area is 289 Å². The third kappa shape index (κ3) is 10.3. The largest absolute Gasteiger partial charge is 0.484 e. The number of nitriles is 1. The van der Waals surface area contributed by atoms with Gasteiger partial charge in [0.1, 0.15) is 11.4 Å². The van der Waals surface area contributed by atoms with Crippen molar-refractivity contribution in [3.8, 4) is 11.8 Å². The van der Waals surface area contributed by atoms with E-state index in [9.17, 15) is 44.7 Å². The van der Waals surface area contributed by atoms with Crippen molar-refractivity contribution in [3.05, 3.63) is 70.8 Å². The van der Waals surface area contributed by atoms with E-state index in [2.05, 4.69) is 5.32 Å². The quantitative estimate of drug-likeness (QED) is 0.328. The average Bonchev–Trinajstić information content (AvgIpc) is 3.27. The summed E-state index contributed by atoms with van der Waals surface area (Å²) in [5.74, 6) is -1.95. The number of rotatable bonds is 11. The Morgan fingerprint density at radius 3 is 2.36 bits per heavy atom. The monoisotopic (exact) mass is 740 g/mol. The number of hydrogen-bond acceptors (Lipinski definition) is 9. The van der Waals surface area contributed by atoms with E-state index in [1.165, 1.54) is 16.4 Å². The Bertz CT molecular complexity index is 1890. The number of anilines is 1. The first-order chi connectivity index (χ1) is 23.3. The van der Waals surface area contributed by atoms with Crippen molar-refractivity contribution in [1.29, 1.82) is 5.26 Å². The number of hydrogen-bond donors (Lipinski definition) is 2. The van der Waals surface area contributed by atoms with Crippen LogP contribution in [0, 0.1) is 17.2 Å². The van der Waals surface area contributed by atoms with Crippen LogP contribution in [0.3, 0.4) is 0 Å². The molecule has 2 N–H and O–H groups in total. The summed E-state index contributed by atoms with van der Waals surface area (Å²) in [6.07, 6.45) is -0.0958. The molecule has 50 heavy (non-hydrogen) atoms. The van der Waals surface area contributed by atoms with Crippen LogP contribution in [0.15, 0.2) is 54.1 Å². The Morgan fingerprint density at radius 2 is 1.74 bits per heavy atom. The Hall–Kier alpha value is -3.98. The fourth-order valence-electron chi connectivity index (χ4n) is 6.20. The lowest BCUT2D eigenvalue weighted by molar-refractivity contribution is -0.142. The smallest absolute Gasteiger partial charge is 0.417 e. The molecule has 2 aliphatic heterocycles. The SMILES string of the molecule is CS(=O)(=O)CC1=CCCN(C(=O)COc2cccc(CC(O)(C(=O)Nc3ccc(C#N)c(C(F)(F)F)c3)C3CCN(S(C)(=O)=O)CC3)c2)CC1. The second kappa shape index (κ2) is 15.5. The van der Waals surface area contributed by atoms with E-state index in [4.69, 9.17) is 10.00 Å². The molecule has 0 aromatic heterocycles. The molecule has 272 valence electrons. The fraction of sp³-hybridized carbons (Fsp3) is 0.485. The first-order valence-electron chi connectivity index (χ1n) is 15.7. The number of amides is 2. The molecule has 2 aromatic carbocycles. The summed E-state index contributed by atoms with van der Waals surface area (Å²) in [6, 6.07) is 10.4. The molecule has 2 aliphatic rings. The third-order valence-electron chi connectivity index (χ3n) is 8.76. The van der Waals surface area contributed by atoms with Crippen LogP contribution in [0.5, 0.6) is 5.75 Å². The average molecular weight is 741 g/mol. The van der Waals surface area contributed by atoms with Crippen LogP contribution in [0.2, 0.25) is 0 Å². The molecule has 0 spiro atoms. The normalized spacial score (nSPS) is 17.9. The highest BCUT2D eigenvalue weighted by Crippen LogP contribution is 2.36. The topological polar surface area (TPSA) is 174 Å². The molecule has 0 saturated carbocycles. The van der Waals surface area contributed by atoms with Gasteiger partial charge in [-0.05, 0) is 67.5 Å². The van der Waals surface area contributed by atoms with Gasteiger partial charge >= 0.3 is 6.18 Å². The number of ether oxygens (including phenoxy) is 1. The number of carbonyl (C=O) groups excluding carboxylic acids is 2. The summed E-state index contributed by atoms with van der Waals surface area (Å²) in [5.41, 5.74) is -3.26. The number of alkyl halides is 3. The van der Waals surface area contributed by atoms with E-state index < -0.39 is 54.6 Å². The van der Waals surface area contributed by atoms with E-state index in [-0.39, 0.29) is 62.1 Å². The van der Waals surface area contributed by atoms with Crippen molar-refractivity contribution in [1.82, 2.24) is 9.21 Å². The number of carbonyl (C=O) groups is 2. The molecule has 4 rings (SSSR count). The number of sulfone groups is 1. The van der Waals surface area contributed by atoms with Gasteiger partial charge in [0.25, 0.3) is 11.8 Å². The van der Waals surface area contributed by atoms with Crippen LogP contribution in [-0.2, 0) is 42.0 Å². The lowest BCUT2D eigenvalue weighted by atomic mass is 9.76. The summed E-state index contributed by atoms with van der Waals surface area (Å²) >= 11 is 0. The van der Waals surface area contributed by atoms with E-state index in [1.54, 1.807) is 23.1 Å². The molecule has 1 atom stereocenters. The maximum absolute atomic E-state index is 13.8. The molecular weight excluding hydrogens is 702 g/mol. The van der Waals surface area contributed by atoms with Crippen molar-refractivity contribution >= 4 is 37.4 Å². The zero-order chi connectivity index (χ0) is 36.9. The summed E-state index contributed by atoms with van der Waals surface area (Å²) in [4.78, 5) is 28.3. The van der Waals surface area contributed by atoms with Crippen LogP contribution in [-0.4, -0.2) is 99.6 Å². The van der Waals surface area contributed by atoms with E-state index >= 15 is 0 Å². The number of piperidine rings is 1. The highest BCUT2D eigenvalue weighted by atomic mass is 32.2. The van der Waals surface area contributed by atoms with Crippen molar-refractivity contribution < 1.29 is 49.4 Å². The molecule has 2 aromatic rings. The number of halogens is 3. The first kappa shape index (κ1) is 38.8. The van der Waals surface area contributed by atoms with Gasteiger partial charge < -0.3 is 20.1 Å². The van der Waals surface area contributed by atoms with Crippen LogP contribution in [0.1, 0.15) is 42.4 Å². The summed E-state index contributed by atoms with van der Waals surface area (Å²) < 4.78 is 95.4. The minimum absolute atomic E-state index is 0.0151. The molecule has 2 amide bonds. The van der Waals surface area contributed by atoms with Gasteiger partial charge in [0.15, 0.2) is 16.4 Å². The molecule has 1 unspecified atom stereocenters. The number of aliphatic hydroxyl groups is 1. The molecule has 0 bridgehead atoms. The molecular formula is C33H39F3N4O8S2. The number of nitrogens with one attached hydrogen (secondary N) is 1. The Morgan fingerprint density at radius 1 is 1.04 bits per heavy atom. The second-order valence-electron chi connectivity index (χ2n) is 12.6.